The Labute approximate surface area is 129 Å². The van der Waals surface area contributed by atoms with Gasteiger partial charge in [0.05, 0.1) is 5.25 Å². The quantitative estimate of drug-likeness (QED) is 0.803. The molecule has 0 saturated carbocycles. The van der Waals surface area contributed by atoms with Gasteiger partial charge >= 0.3 is 0 Å². The molecule has 1 aliphatic heterocycles. The Balaban J connectivity index is 1.87. The lowest BCUT2D eigenvalue weighted by molar-refractivity contribution is 0.708. The van der Waals surface area contributed by atoms with Crippen LogP contribution in [-0.2, 0) is 12.8 Å². The molecule has 1 aromatic heterocycles. The summed E-state index contributed by atoms with van der Waals surface area (Å²) in [6.07, 6.45) is 5.88. The van der Waals surface area contributed by atoms with Gasteiger partial charge in [-0.2, -0.15) is 11.8 Å². The van der Waals surface area contributed by atoms with Crippen LogP contribution >= 0.6 is 23.5 Å². The lowest BCUT2D eigenvalue weighted by atomic mass is 10.1. The summed E-state index contributed by atoms with van der Waals surface area (Å²) in [5.74, 6) is 2.82. The molecule has 3 rings (SSSR count). The van der Waals surface area contributed by atoms with E-state index < -0.39 is 0 Å². The van der Waals surface area contributed by atoms with Crippen LogP contribution in [0.15, 0.2) is 0 Å². The smallest absolute Gasteiger partial charge is 0.144 e. The molecule has 0 aromatic carbocycles. The van der Waals surface area contributed by atoms with Crippen molar-refractivity contribution >= 4 is 29.3 Å². The van der Waals surface area contributed by atoms with Gasteiger partial charge < -0.3 is 5.73 Å². The number of rotatable bonds is 1. The van der Waals surface area contributed by atoms with Crippen molar-refractivity contribution in [3.63, 3.8) is 0 Å². The molecule has 2 aliphatic rings. The summed E-state index contributed by atoms with van der Waals surface area (Å²) in [7, 11) is 0. The summed E-state index contributed by atoms with van der Waals surface area (Å²) in [4.78, 5) is 9.54. The minimum absolute atomic E-state index is 0.405. The molecule has 20 heavy (non-hydrogen) atoms. The Morgan fingerprint density at radius 1 is 1.05 bits per heavy atom. The number of hydrogen-bond donors (Lipinski definition) is 1. The van der Waals surface area contributed by atoms with E-state index in [9.17, 15) is 0 Å². The van der Waals surface area contributed by atoms with Crippen molar-refractivity contribution in [2.24, 2.45) is 0 Å². The number of nitrogens with zero attached hydrogens (tertiary/aromatic N) is 2. The third kappa shape index (κ3) is 2.93. The SMILES string of the molecule is CC1SCC(c2nc(N)c3c(n2)CCCCC3)SC1C. The number of nitrogen functional groups attached to an aromatic ring is 1. The van der Waals surface area contributed by atoms with Crippen molar-refractivity contribution in [1.29, 1.82) is 0 Å². The van der Waals surface area contributed by atoms with Crippen LogP contribution in [0.4, 0.5) is 5.82 Å². The maximum Gasteiger partial charge on any atom is 0.144 e. The van der Waals surface area contributed by atoms with Gasteiger partial charge in [-0.1, -0.05) is 20.3 Å². The van der Waals surface area contributed by atoms with Gasteiger partial charge in [0, 0.05) is 27.5 Å². The van der Waals surface area contributed by atoms with Gasteiger partial charge in [-0.05, 0) is 25.7 Å². The standard InChI is InChI=1S/C15H23N3S2/c1-9-10(2)20-13(8-19-9)15-17-12-7-5-3-4-6-11(12)14(16)18-15/h9-10,13H,3-8H2,1-2H3,(H2,16,17,18). The molecule has 2 N–H and O–H groups in total. The van der Waals surface area contributed by atoms with E-state index in [1.807, 2.05) is 23.5 Å². The largest absolute Gasteiger partial charge is 0.383 e. The molecule has 0 spiro atoms. The zero-order valence-electron chi connectivity index (χ0n) is 12.3. The topological polar surface area (TPSA) is 51.8 Å². The average Bonchev–Trinajstić information content (AvgIpc) is 2.67. The zero-order valence-corrected chi connectivity index (χ0v) is 13.9. The number of thioether (sulfide) groups is 2. The second-order valence-corrected chi connectivity index (χ2v) is 8.82. The van der Waals surface area contributed by atoms with E-state index in [0.717, 1.165) is 35.5 Å². The Bertz CT molecular complexity index is 492. The molecule has 0 amide bonds. The van der Waals surface area contributed by atoms with E-state index in [0.29, 0.717) is 10.5 Å². The molecule has 1 fully saturated rings. The minimum Gasteiger partial charge on any atom is -0.383 e. The highest BCUT2D eigenvalue weighted by molar-refractivity contribution is 8.07. The summed E-state index contributed by atoms with van der Waals surface area (Å²) >= 11 is 4.05. The monoisotopic (exact) mass is 309 g/mol. The first-order valence-electron chi connectivity index (χ1n) is 7.57. The van der Waals surface area contributed by atoms with Crippen molar-refractivity contribution < 1.29 is 0 Å². The third-order valence-corrected chi connectivity index (χ3v) is 7.71. The van der Waals surface area contributed by atoms with Crippen LogP contribution in [0.3, 0.4) is 0 Å². The van der Waals surface area contributed by atoms with Crippen molar-refractivity contribution in [2.45, 2.75) is 61.7 Å². The van der Waals surface area contributed by atoms with Crippen LogP contribution in [0.25, 0.3) is 0 Å². The predicted octanol–water partition coefficient (Wildman–Crippen LogP) is 3.63. The molecule has 1 aromatic rings. The number of anilines is 1. The fraction of sp³-hybridized carbons (Fsp3) is 0.733. The summed E-state index contributed by atoms with van der Waals surface area (Å²) < 4.78 is 0. The average molecular weight is 310 g/mol. The lowest BCUT2D eigenvalue weighted by Gasteiger charge is -2.30. The maximum atomic E-state index is 6.21. The summed E-state index contributed by atoms with van der Waals surface area (Å²) in [5.41, 5.74) is 8.66. The molecule has 110 valence electrons. The first-order valence-corrected chi connectivity index (χ1v) is 9.56. The summed E-state index contributed by atoms with van der Waals surface area (Å²) in [5, 5.41) is 1.78. The van der Waals surface area contributed by atoms with Gasteiger partial charge in [0.25, 0.3) is 0 Å². The minimum atomic E-state index is 0.405. The normalized spacial score (nSPS) is 30.6. The maximum absolute atomic E-state index is 6.21. The third-order valence-electron chi connectivity index (χ3n) is 4.32. The van der Waals surface area contributed by atoms with Gasteiger partial charge in [0.1, 0.15) is 11.6 Å². The van der Waals surface area contributed by atoms with Crippen molar-refractivity contribution in [1.82, 2.24) is 9.97 Å². The van der Waals surface area contributed by atoms with Crippen LogP contribution in [-0.4, -0.2) is 26.2 Å². The van der Waals surface area contributed by atoms with Crippen molar-refractivity contribution in [2.75, 3.05) is 11.5 Å². The zero-order chi connectivity index (χ0) is 14.1. The number of hydrogen-bond acceptors (Lipinski definition) is 5. The van der Waals surface area contributed by atoms with Gasteiger partial charge in [-0.3, -0.25) is 0 Å². The molecule has 0 radical (unpaired) electrons. The van der Waals surface area contributed by atoms with E-state index in [4.69, 9.17) is 10.7 Å². The molecule has 3 nitrogen and oxygen atoms in total. The van der Waals surface area contributed by atoms with Crippen LogP contribution in [0.2, 0.25) is 0 Å². The van der Waals surface area contributed by atoms with Crippen LogP contribution < -0.4 is 5.73 Å². The Morgan fingerprint density at radius 2 is 1.85 bits per heavy atom. The molecule has 0 bridgehead atoms. The second-order valence-electron chi connectivity index (χ2n) is 5.82. The van der Waals surface area contributed by atoms with E-state index in [1.54, 1.807) is 0 Å². The van der Waals surface area contributed by atoms with Crippen molar-refractivity contribution in [3.05, 3.63) is 17.1 Å². The fourth-order valence-electron chi connectivity index (χ4n) is 2.88. The molecular weight excluding hydrogens is 286 g/mol. The Kier molecular flexibility index (Phi) is 4.46. The van der Waals surface area contributed by atoms with E-state index in [-0.39, 0.29) is 0 Å². The number of fused-ring (bicyclic) bond motifs is 1. The van der Waals surface area contributed by atoms with Crippen LogP contribution in [0.5, 0.6) is 0 Å². The predicted molar refractivity (Wildman–Crippen MR) is 89.4 cm³/mol. The number of aryl methyl sites for hydroxylation is 1. The van der Waals surface area contributed by atoms with E-state index >= 15 is 0 Å². The van der Waals surface area contributed by atoms with Crippen molar-refractivity contribution in [3.8, 4) is 0 Å². The number of aromatic nitrogens is 2. The molecule has 1 saturated heterocycles. The highest BCUT2D eigenvalue weighted by Crippen LogP contribution is 2.43. The first kappa shape index (κ1) is 14.5. The molecule has 5 heteroatoms. The van der Waals surface area contributed by atoms with Gasteiger partial charge in [0.2, 0.25) is 0 Å². The van der Waals surface area contributed by atoms with E-state index in [2.05, 4.69) is 18.8 Å². The van der Waals surface area contributed by atoms with E-state index in [1.165, 1.54) is 30.5 Å². The van der Waals surface area contributed by atoms with Gasteiger partial charge in [-0.25, -0.2) is 9.97 Å². The highest BCUT2D eigenvalue weighted by atomic mass is 32.2. The summed E-state index contributed by atoms with van der Waals surface area (Å²) in [6.45, 7) is 4.62. The lowest BCUT2D eigenvalue weighted by Crippen LogP contribution is -2.23. The van der Waals surface area contributed by atoms with Crippen LogP contribution in [0.1, 0.15) is 55.4 Å². The fourth-order valence-corrected chi connectivity index (χ4v) is 5.73. The molecule has 2 heterocycles. The summed E-state index contributed by atoms with van der Waals surface area (Å²) in [6, 6.07) is 0. The highest BCUT2D eigenvalue weighted by Gasteiger charge is 2.29. The molecule has 3 unspecified atom stereocenters. The number of nitrogens with two attached hydrogens (primary N) is 1. The first-order chi connectivity index (χ1) is 9.65. The Morgan fingerprint density at radius 3 is 2.65 bits per heavy atom. The molecule has 3 atom stereocenters. The second kappa shape index (κ2) is 6.14. The molecular formula is C15H23N3S2. The van der Waals surface area contributed by atoms with Crippen LogP contribution in [0, 0.1) is 0 Å². The van der Waals surface area contributed by atoms with Gasteiger partial charge in [-0.15, -0.1) is 11.8 Å². The Hall–Kier alpha value is -0.420. The molecule has 1 aliphatic carbocycles. The van der Waals surface area contributed by atoms with Gasteiger partial charge in [0.15, 0.2) is 0 Å².